The minimum atomic E-state index is -0.366. The number of hydrogen-bond donors (Lipinski definition) is 3. The molecule has 1 aliphatic heterocycles. The summed E-state index contributed by atoms with van der Waals surface area (Å²) in [7, 11) is 0. The molecule has 1 aromatic carbocycles. The van der Waals surface area contributed by atoms with Gasteiger partial charge in [0.1, 0.15) is 0 Å². The quantitative estimate of drug-likeness (QED) is 0.407. The van der Waals surface area contributed by atoms with Gasteiger partial charge in [-0.3, -0.25) is 9.79 Å². The van der Waals surface area contributed by atoms with E-state index in [9.17, 15) is 4.79 Å². The van der Waals surface area contributed by atoms with Crippen LogP contribution in [0.5, 0.6) is 0 Å². The zero-order valence-electron chi connectivity index (χ0n) is 17.2. The summed E-state index contributed by atoms with van der Waals surface area (Å²) in [6.45, 7) is 11.8. The van der Waals surface area contributed by atoms with E-state index in [0.717, 1.165) is 38.4 Å². The fourth-order valence-electron chi connectivity index (χ4n) is 3.08. The van der Waals surface area contributed by atoms with Crippen LogP contribution in [0.3, 0.4) is 0 Å². The van der Waals surface area contributed by atoms with E-state index >= 15 is 0 Å². The summed E-state index contributed by atoms with van der Waals surface area (Å²) in [4.78, 5) is 19.0. The summed E-state index contributed by atoms with van der Waals surface area (Å²) in [5.41, 5.74) is 0.908. The molecule has 0 saturated carbocycles. The molecular formula is C21H35N5O. The number of piperidine rings is 1. The second kappa shape index (κ2) is 10.2. The topological polar surface area (TPSA) is 68.8 Å². The van der Waals surface area contributed by atoms with E-state index in [0.29, 0.717) is 19.1 Å². The lowest BCUT2D eigenvalue weighted by Crippen LogP contribution is -2.51. The van der Waals surface area contributed by atoms with Crippen molar-refractivity contribution in [2.45, 2.75) is 46.6 Å². The summed E-state index contributed by atoms with van der Waals surface area (Å²) >= 11 is 0. The van der Waals surface area contributed by atoms with Crippen molar-refractivity contribution in [1.82, 2.24) is 16.0 Å². The molecule has 2 rings (SSSR count). The summed E-state index contributed by atoms with van der Waals surface area (Å²) in [6.07, 6.45) is 2.29. The number of guanidine groups is 1. The highest BCUT2D eigenvalue weighted by Gasteiger charge is 2.21. The Labute approximate surface area is 163 Å². The monoisotopic (exact) mass is 373 g/mol. The van der Waals surface area contributed by atoms with Crippen molar-refractivity contribution >= 4 is 17.6 Å². The predicted octanol–water partition coefficient (Wildman–Crippen LogP) is 2.37. The molecule has 0 spiro atoms. The Hall–Kier alpha value is -2.24. The normalized spacial score (nSPS) is 18.1. The average molecular weight is 374 g/mol. The van der Waals surface area contributed by atoms with Gasteiger partial charge in [-0.25, -0.2) is 0 Å². The van der Waals surface area contributed by atoms with Gasteiger partial charge in [0.15, 0.2) is 5.96 Å². The van der Waals surface area contributed by atoms with Gasteiger partial charge in [-0.05, 0) is 31.9 Å². The van der Waals surface area contributed by atoms with Crippen molar-refractivity contribution in [1.29, 1.82) is 0 Å². The third kappa shape index (κ3) is 7.12. The molecule has 0 radical (unpaired) electrons. The van der Waals surface area contributed by atoms with Crippen LogP contribution in [0.1, 0.15) is 40.5 Å². The molecule has 6 nitrogen and oxygen atoms in total. The first-order valence-electron chi connectivity index (χ1n) is 10.0. The Bertz CT molecular complexity index is 609. The number of aliphatic imine (C=N–C) groups is 1. The first-order valence-corrected chi connectivity index (χ1v) is 10.0. The van der Waals surface area contributed by atoms with E-state index in [2.05, 4.69) is 63.1 Å². The van der Waals surface area contributed by atoms with E-state index in [1.54, 1.807) is 0 Å². The maximum atomic E-state index is 11.9. The van der Waals surface area contributed by atoms with Gasteiger partial charge in [0.05, 0.1) is 6.54 Å². The molecule has 1 heterocycles. The number of rotatable bonds is 6. The van der Waals surface area contributed by atoms with E-state index in [-0.39, 0.29) is 11.3 Å². The van der Waals surface area contributed by atoms with Crippen LogP contribution < -0.4 is 20.9 Å². The molecule has 1 aromatic rings. The molecule has 1 fully saturated rings. The Balaban J connectivity index is 1.86. The second-order valence-electron chi connectivity index (χ2n) is 8.03. The molecule has 0 aliphatic carbocycles. The summed E-state index contributed by atoms with van der Waals surface area (Å²) in [5.74, 6) is 0.879. The van der Waals surface area contributed by atoms with E-state index in [1.165, 1.54) is 5.69 Å². The number of nitrogens with one attached hydrogen (secondary N) is 3. The number of anilines is 1. The molecule has 3 N–H and O–H groups in total. The first-order chi connectivity index (χ1) is 12.9. The highest BCUT2D eigenvalue weighted by atomic mass is 16.2. The maximum Gasteiger partial charge on any atom is 0.225 e. The van der Waals surface area contributed by atoms with Crippen LogP contribution in [0.25, 0.3) is 0 Å². The average Bonchev–Trinajstić information content (AvgIpc) is 2.65. The third-order valence-corrected chi connectivity index (χ3v) is 4.58. The Morgan fingerprint density at radius 3 is 2.63 bits per heavy atom. The number of benzene rings is 1. The molecule has 1 atom stereocenters. The number of amides is 1. The molecule has 1 amide bonds. The lowest BCUT2D eigenvalue weighted by molar-refractivity contribution is -0.128. The molecule has 150 valence electrons. The smallest absolute Gasteiger partial charge is 0.225 e. The second-order valence-corrected chi connectivity index (χ2v) is 8.03. The lowest BCUT2D eigenvalue weighted by Gasteiger charge is -2.35. The highest BCUT2D eigenvalue weighted by Crippen LogP contribution is 2.19. The summed E-state index contributed by atoms with van der Waals surface area (Å²) in [5, 5.41) is 9.81. The number of para-hydroxylation sites is 1. The van der Waals surface area contributed by atoms with Gasteiger partial charge in [0.25, 0.3) is 0 Å². The zero-order valence-corrected chi connectivity index (χ0v) is 17.2. The van der Waals surface area contributed by atoms with Crippen molar-refractivity contribution in [3.63, 3.8) is 0 Å². The van der Waals surface area contributed by atoms with Gasteiger partial charge >= 0.3 is 0 Å². The first kappa shape index (κ1) is 21.1. The molecule has 0 bridgehead atoms. The van der Waals surface area contributed by atoms with Crippen LogP contribution in [0.15, 0.2) is 35.3 Å². The standard InChI is InChI=1S/C21H35N5O/c1-5-22-20(24-14-13-23-19(27)21(2,3)4)25-17-10-9-15-26(16-17)18-11-7-6-8-12-18/h6-8,11-12,17H,5,9-10,13-16H2,1-4H3,(H,23,27)(H2,22,24,25). The van der Waals surface area contributed by atoms with Gasteiger partial charge in [-0.15, -0.1) is 0 Å². The molecule has 1 aliphatic rings. The van der Waals surface area contributed by atoms with Gasteiger partial charge < -0.3 is 20.9 Å². The van der Waals surface area contributed by atoms with Gasteiger partial charge in [0, 0.05) is 43.3 Å². The Morgan fingerprint density at radius 2 is 1.96 bits per heavy atom. The van der Waals surface area contributed by atoms with Crippen molar-refractivity contribution in [2.75, 3.05) is 37.6 Å². The van der Waals surface area contributed by atoms with E-state index in [1.807, 2.05) is 20.8 Å². The fourth-order valence-corrected chi connectivity index (χ4v) is 3.08. The Kier molecular flexibility index (Phi) is 7.95. The van der Waals surface area contributed by atoms with Crippen LogP contribution >= 0.6 is 0 Å². The van der Waals surface area contributed by atoms with Crippen LogP contribution in [0.2, 0.25) is 0 Å². The lowest BCUT2D eigenvalue weighted by atomic mass is 9.96. The van der Waals surface area contributed by atoms with Crippen LogP contribution in [0.4, 0.5) is 5.69 Å². The zero-order chi connectivity index (χ0) is 19.7. The van der Waals surface area contributed by atoms with Gasteiger partial charge in [-0.2, -0.15) is 0 Å². The summed E-state index contributed by atoms with van der Waals surface area (Å²) in [6, 6.07) is 10.9. The number of nitrogens with zero attached hydrogens (tertiary/aromatic N) is 2. The SMILES string of the molecule is CCNC(=NCCNC(=O)C(C)(C)C)NC1CCCN(c2ccccc2)C1. The van der Waals surface area contributed by atoms with E-state index < -0.39 is 0 Å². The number of hydrogen-bond acceptors (Lipinski definition) is 3. The number of carbonyl (C=O) groups excluding carboxylic acids is 1. The summed E-state index contributed by atoms with van der Waals surface area (Å²) < 4.78 is 0. The minimum Gasteiger partial charge on any atom is -0.369 e. The largest absolute Gasteiger partial charge is 0.369 e. The van der Waals surface area contributed by atoms with Crippen molar-refractivity contribution in [3.8, 4) is 0 Å². The number of carbonyl (C=O) groups is 1. The van der Waals surface area contributed by atoms with Crippen molar-refractivity contribution < 1.29 is 4.79 Å². The Morgan fingerprint density at radius 1 is 1.22 bits per heavy atom. The van der Waals surface area contributed by atoms with Crippen LogP contribution in [-0.2, 0) is 4.79 Å². The van der Waals surface area contributed by atoms with Crippen LogP contribution in [-0.4, -0.2) is 50.6 Å². The van der Waals surface area contributed by atoms with Gasteiger partial charge in [0.2, 0.25) is 5.91 Å². The molecule has 1 unspecified atom stereocenters. The van der Waals surface area contributed by atoms with Crippen LogP contribution in [0, 0.1) is 5.41 Å². The van der Waals surface area contributed by atoms with Crippen molar-refractivity contribution in [2.24, 2.45) is 10.4 Å². The molecule has 6 heteroatoms. The predicted molar refractivity (Wildman–Crippen MR) is 113 cm³/mol. The molecular weight excluding hydrogens is 338 g/mol. The maximum absolute atomic E-state index is 11.9. The third-order valence-electron chi connectivity index (χ3n) is 4.58. The van der Waals surface area contributed by atoms with E-state index in [4.69, 9.17) is 0 Å². The molecule has 1 saturated heterocycles. The minimum absolute atomic E-state index is 0.0569. The highest BCUT2D eigenvalue weighted by molar-refractivity contribution is 5.81. The van der Waals surface area contributed by atoms with Gasteiger partial charge in [-0.1, -0.05) is 39.0 Å². The van der Waals surface area contributed by atoms with Crippen molar-refractivity contribution in [3.05, 3.63) is 30.3 Å². The molecule has 27 heavy (non-hydrogen) atoms. The molecule has 0 aromatic heterocycles. The fraction of sp³-hybridized carbons (Fsp3) is 0.619.